The van der Waals surface area contributed by atoms with Crippen LogP contribution in [-0.4, -0.2) is 48.3 Å². The lowest BCUT2D eigenvalue weighted by Gasteiger charge is -2.17. The van der Waals surface area contributed by atoms with Crippen molar-refractivity contribution in [2.24, 2.45) is 0 Å². The van der Waals surface area contributed by atoms with E-state index >= 15 is 0 Å². The minimum Gasteiger partial charge on any atom is -0.497 e. The first-order chi connectivity index (χ1) is 14.5. The number of hydrogen-bond acceptors (Lipinski definition) is 6. The van der Waals surface area contributed by atoms with Gasteiger partial charge in [0.15, 0.2) is 0 Å². The molecule has 0 aliphatic carbocycles. The molecular weight excluding hydrogens is 382 g/mol. The van der Waals surface area contributed by atoms with Gasteiger partial charge >= 0.3 is 0 Å². The molecule has 30 heavy (non-hydrogen) atoms. The van der Waals surface area contributed by atoms with E-state index in [1.54, 1.807) is 19.1 Å². The Kier molecular flexibility index (Phi) is 7.43. The number of rotatable bonds is 10. The number of carbonyl (C=O) groups excluding carboxylic acids is 1. The van der Waals surface area contributed by atoms with Crippen molar-refractivity contribution in [2.75, 3.05) is 27.3 Å². The van der Waals surface area contributed by atoms with E-state index in [2.05, 4.69) is 10.1 Å². The molecule has 0 aliphatic heterocycles. The van der Waals surface area contributed by atoms with Gasteiger partial charge in [-0.1, -0.05) is 17.3 Å². The number of amides is 1. The average molecular weight is 409 g/mol. The fourth-order valence-corrected chi connectivity index (χ4v) is 2.93. The Labute approximate surface area is 176 Å². The van der Waals surface area contributed by atoms with E-state index in [9.17, 15) is 4.79 Å². The van der Waals surface area contributed by atoms with Gasteiger partial charge in [0.05, 0.1) is 13.7 Å². The third-order valence-electron chi connectivity index (χ3n) is 4.71. The number of aromatic nitrogens is 2. The lowest BCUT2D eigenvalue weighted by molar-refractivity contribution is -0.130. The summed E-state index contributed by atoms with van der Waals surface area (Å²) in [6.07, 6.45) is 1.62. The number of benzene rings is 2. The summed E-state index contributed by atoms with van der Waals surface area (Å²) in [5.74, 6) is 2.72. The Bertz CT molecular complexity index is 953. The van der Waals surface area contributed by atoms with E-state index in [1.165, 1.54) is 0 Å². The maximum atomic E-state index is 12.3. The second-order valence-electron chi connectivity index (χ2n) is 7.07. The van der Waals surface area contributed by atoms with Crippen molar-refractivity contribution < 1.29 is 18.8 Å². The van der Waals surface area contributed by atoms with Gasteiger partial charge in [-0.15, -0.1) is 0 Å². The standard InChI is InChI=1S/C23H27N3O4/c1-17-6-4-7-20(16-17)29-15-14-26(2)22(27)9-5-8-21-24-23(25-30-21)18-10-12-19(28-3)13-11-18/h4,6-7,10-13,16H,5,8-9,14-15H2,1-3H3. The Morgan fingerprint density at radius 3 is 2.67 bits per heavy atom. The first-order valence-corrected chi connectivity index (χ1v) is 9.95. The summed E-state index contributed by atoms with van der Waals surface area (Å²) in [6, 6.07) is 15.3. The van der Waals surface area contributed by atoms with Crippen molar-refractivity contribution in [1.29, 1.82) is 0 Å². The second kappa shape index (κ2) is 10.4. The van der Waals surface area contributed by atoms with Gasteiger partial charge in [0.25, 0.3) is 0 Å². The zero-order valence-electron chi connectivity index (χ0n) is 17.6. The van der Waals surface area contributed by atoms with Gasteiger partial charge in [-0.05, 0) is 55.3 Å². The summed E-state index contributed by atoms with van der Waals surface area (Å²) in [6.45, 7) is 3.02. The van der Waals surface area contributed by atoms with Gasteiger partial charge < -0.3 is 18.9 Å². The molecule has 0 aliphatic rings. The number of likely N-dealkylation sites (N-methyl/N-ethyl adjacent to an activating group) is 1. The molecule has 1 amide bonds. The number of nitrogens with zero attached hydrogens (tertiary/aromatic N) is 3. The highest BCUT2D eigenvalue weighted by atomic mass is 16.5. The van der Waals surface area contributed by atoms with E-state index in [4.69, 9.17) is 14.0 Å². The molecule has 7 heteroatoms. The number of ether oxygens (including phenoxy) is 2. The lowest BCUT2D eigenvalue weighted by atomic mass is 10.2. The number of carbonyl (C=O) groups is 1. The van der Waals surface area contributed by atoms with Gasteiger partial charge in [-0.2, -0.15) is 4.98 Å². The molecular formula is C23H27N3O4. The molecule has 0 spiro atoms. The van der Waals surface area contributed by atoms with Crippen molar-refractivity contribution in [2.45, 2.75) is 26.2 Å². The van der Waals surface area contributed by atoms with Gasteiger partial charge in [0, 0.05) is 25.5 Å². The molecule has 0 radical (unpaired) electrons. The van der Waals surface area contributed by atoms with Gasteiger partial charge in [0.1, 0.15) is 18.1 Å². The summed E-state index contributed by atoms with van der Waals surface area (Å²) < 4.78 is 16.2. The van der Waals surface area contributed by atoms with Crippen LogP contribution in [0.4, 0.5) is 0 Å². The molecule has 0 saturated heterocycles. The van der Waals surface area contributed by atoms with Crippen LogP contribution in [0.15, 0.2) is 53.1 Å². The van der Waals surface area contributed by atoms with Crippen LogP contribution in [-0.2, 0) is 11.2 Å². The predicted molar refractivity (Wildman–Crippen MR) is 114 cm³/mol. The van der Waals surface area contributed by atoms with Crippen LogP contribution in [0.25, 0.3) is 11.4 Å². The highest BCUT2D eigenvalue weighted by Crippen LogP contribution is 2.20. The molecule has 0 bridgehead atoms. The van der Waals surface area contributed by atoms with E-state index in [0.29, 0.717) is 44.1 Å². The van der Waals surface area contributed by atoms with Gasteiger partial charge in [-0.3, -0.25) is 4.79 Å². The predicted octanol–water partition coefficient (Wildman–Crippen LogP) is 3.91. The molecule has 0 atom stereocenters. The van der Waals surface area contributed by atoms with Crippen LogP contribution in [0.5, 0.6) is 11.5 Å². The van der Waals surface area contributed by atoms with Gasteiger partial charge in [0.2, 0.25) is 17.6 Å². The quantitative estimate of drug-likeness (QED) is 0.505. The minimum atomic E-state index is 0.0673. The van der Waals surface area contributed by atoms with Crippen LogP contribution in [0.2, 0.25) is 0 Å². The molecule has 3 rings (SSSR count). The summed E-state index contributed by atoms with van der Waals surface area (Å²) in [4.78, 5) is 18.4. The van der Waals surface area contributed by atoms with Crippen LogP contribution < -0.4 is 9.47 Å². The largest absolute Gasteiger partial charge is 0.497 e. The Morgan fingerprint density at radius 2 is 1.93 bits per heavy atom. The number of methoxy groups -OCH3 is 1. The minimum absolute atomic E-state index is 0.0673. The third-order valence-corrected chi connectivity index (χ3v) is 4.71. The molecule has 158 valence electrons. The maximum Gasteiger partial charge on any atom is 0.226 e. The fourth-order valence-electron chi connectivity index (χ4n) is 2.93. The lowest BCUT2D eigenvalue weighted by Crippen LogP contribution is -2.30. The third kappa shape index (κ3) is 6.07. The number of aryl methyl sites for hydroxylation is 2. The van der Waals surface area contributed by atoms with Crippen molar-refractivity contribution in [3.05, 3.63) is 60.0 Å². The smallest absolute Gasteiger partial charge is 0.226 e. The average Bonchev–Trinajstić information content (AvgIpc) is 3.22. The topological polar surface area (TPSA) is 77.7 Å². The summed E-state index contributed by atoms with van der Waals surface area (Å²) in [7, 11) is 3.41. The molecule has 3 aromatic rings. The summed E-state index contributed by atoms with van der Waals surface area (Å²) >= 11 is 0. The molecule has 0 fully saturated rings. The second-order valence-corrected chi connectivity index (χ2v) is 7.07. The fraction of sp³-hybridized carbons (Fsp3) is 0.348. The zero-order chi connectivity index (χ0) is 21.3. The Balaban J connectivity index is 1.39. The Hall–Kier alpha value is -3.35. The molecule has 2 aromatic carbocycles. The maximum absolute atomic E-state index is 12.3. The first kappa shape index (κ1) is 21.4. The molecule has 0 saturated carbocycles. The first-order valence-electron chi connectivity index (χ1n) is 9.95. The number of hydrogen-bond donors (Lipinski definition) is 0. The highest BCUT2D eigenvalue weighted by Gasteiger charge is 2.12. The Morgan fingerprint density at radius 1 is 1.13 bits per heavy atom. The van der Waals surface area contributed by atoms with Crippen LogP contribution in [0.3, 0.4) is 0 Å². The zero-order valence-corrected chi connectivity index (χ0v) is 17.6. The molecule has 7 nitrogen and oxygen atoms in total. The van der Waals surface area contributed by atoms with Crippen molar-refractivity contribution >= 4 is 5.91 Å². The summed E-state index contributed by atoms with van der Waals surface area (Å²) in [5, 5.41) is 4.01. The van der Waals surface area contributed by atoms with Crippen molar-refractivity contribution in [1.82, 2.24) is 15.0 Å². The van der Waals surface area contributed by atoms with Crippen LogP contribution >= 0.6 is 0 Å². The normalized spacial score (nSPS) is 10.6. The van der Waals surface area contributed by atoms with Crippen LogP contribution in [0, 0.1) is 6.92 Å². The van der Waals surface area contributed by atoms with Crippen molar-refractivity contribution in [3.8, 4) is 22.9 Å². The van der Waals surface area contributed by atoms with E-state index < -0.39 is 0 Å². The molecule has 0 N–H and O–H groups in total. The van der Waals surface area contributed by atoms with E-state index in [1.807, 2.05) is 55.5 Å². The van der Waals surface area contributed by atoms with E-state index in [0.717, 1.165) is 22.6 Å². The SMILES string of the molecule is COc1ccc(-c2noc(CCCC(=O)N(C)CCOc3cccc(C)c3)n2)cc1. The highest BCUT2D eigenvalue weighted by molar-refractivity contribution is 5.75. The summed E-state index contributed by atoms with van der Waals surface area (Å²) in [5.41, 5.74) is 2.00. The van der Waals surface area contributed by atoms with Gasteiger partial charge in [-0.25, -0.2) is 0 Å². The monoisotopic (exact) mass is 409 g/mol. The van der Waals surface area contributed by atoms with Crippen molar-refractivity contribution in [3.63, 3.8) is 0 Å². The molecule has 1 aromatic heterocycles. The molecule has 1 heterocycles. The molecule has 0 unspecified atom stereocenters. The van der Waals surface area contributed by atoms with Crippen LogP contribution in [0.1, 0.15) is 24.3 Å². The van der Waals surface area contributed by atoms with E-state index in [-0.39, 0.29) is 5.91 Å².